The Morgan fingerprint density at radius 3 is 2.71 bits per heavy atom. The van der Waals surface area contributed by atoms with Crippen molar-refractivity contribution in [1.82, 2.24) is 0 Å². The topological polar surface area (TPSA) is 46.5 Å². The van der Waals surface area contributed by atoms with Crippen LogP contribution < -0.4 is 4.74 Å². The molecule has 108 valence electrons. The highest BCUT2D eigenvalue weighted by Crippen LogP contribution is 2.31. The molecule has 0 aliphatic rings. The molecule has 2 aromatic carbocycles. The first-order valence-corrected chi connectivity index (χ1v) is 6.94. The number of hydrogen-bond acceptors (Lipinski definition) is 2. The Balaban J connectivity index is 2.38. The van der Waals surface area contributed by atoms with Crippen LogP contribution in [0.1, 0.15) is 18.1 Å². The van der Waals surface area contributed by atoms with Gasteiger partial charge >= 0.3 is 5.97 Å². The van der Waals surface area contributed by atoms with Gasteiger partial charge in [-0.2, -0.15) is 0 Å². The van der Waals surface area contributed by atoms with Gasteiger partial charge in [0.05, 0.1) is 0 Å². The molecular formula is C17H15ClO3. The van der Waals surface area contributed by atoms with Crippen LogP contribution in [0.2, 0.25) is 5.02 Å². The van der Waals surface area contributed by atoms with Crippen LogP contribution in [-0.4, -0.2) is 11.1 Å². The summed E-state index contributed by atoms with van der Waals surface area (Å²) in [5.41, 5.74) is 1.73. The third-order valence-electron chi connectivity index (χ3n) is 2.95. The maximum atomic E-state index is 10.7. The Bertz CT molecular complexity index is 677. The molecule has 0 saturated heterocycles. The molecule has 3 nitrogen and oxygen atoms in total. The molecule has 0 amide bonds. The molecule has 0 heterocycles. The van der Waals surface area contributed by atoms with E-state index in [9.17, 15) is 4.79 Å². The standard InChI is InChI=1S/C17H15ClO3/c1-2-12-5-3-4-6-15(12)21-16-11-14(18)9-7-13(16)8-10-17(19)20/h3-11H,2H2,1H3,(H,19,20)/b10-8+. The van der Waals surface area contributed by atoms with Gasteiger partial charge in [-0.3, -0.25) is 0 Å². The SMILES string of the molecule is CCc1ccccc1Oc1cc(Cl)ccc1/C=C/C(=O)O. The number of rotatable bonds is 5. The fourth-order valence-electron chi connectivity index (χ4n) is 1.91. The lowest BCUT2D eigenvalue weighted by Crippen LogP contribution is -1.93. The van der Waals surface area contributed by atoms with Crippen molar-refractivity contribution < 1.29 is 14.6 Å². The predicted octanol–water partition coefficient (Wildman–Crippen LogP) is 4.79. The number of hydrogen-bond donors (Lipinski definition) is 1. The zero-order valence-electron chi connectivity index (χ0n) is 11.5. The molecule has 2 rings (SSSR count). The molecule has 0 atom stereocenters. The largest absolute Gasteiger partial charge is 0.478 e. The van der Waals surface area contributed by atoms with Gasteiger partial charge < -0.3 is 9.84 Å². The molecule has 0 bridgehead atoms. The molecule has 0 radical (unpaired) electrons. The molecule has 4 heteroatoms. The third-order valence-corrected chi connectivity index (χ3v) is 3.19. The van der Waals surface area contributed by atoms with E-state index in [1.807, 2.05) is 31.2 Å². The number of aliphatic carboxylic acids is 1. The van der Waals surface area contributed by atoms with E-state index < -0.39 is 5.97 Å². The van der Waals surface area contributed by atoms with Gasteiger partial charge in [0.15, 0.2) is 0 Å². The number of carboxylic acid groups (broad SMARTS) is 1. The summed E-state index contributed by atoms with van der Waals surface area (Å²) in [4.78, 5) is 10.7. The second kappa shape index (κ2) is 6.95. The molecule has 0 spiro atoms. The average Bonchev–Trinajstić information content (AvgIpc) is 2.47. The van der Waals surface area contributed by atoms with Gasteiger partial charge in [0, 0.05) is 22.7 Å². The van der Waals surface area contributed by atoms with Gasteiger partial charge in [-0.25, -0.2) is 4.79 Å². The molecule has 0 fully saturated rings. The van der Waals surface area contributed by atoms with E-state index in [0.717, 1.165) is 23.8 Å². The normalized spacial score (nSPS) is 10.8. The predicted molar refractivity (Wildman–Crippen MR) is 84.0 cm³/mol. The summed E-state index contributed by atoms with van der Waals surface area (Å²) in [7, 11) is 0. The van der Waals surface area contributed by atoms with E-state index in [1.165, 1.54) is 6.08 Å². The molecule has 0 aliphatic heterocycles. The second-order valence-corrected chi connectivity index (χ2v) is 4.85. The summed E-state index contributed by atoms with van der Waals surface area (Å²) in [5.74, 6) is 0.262. The summed E-state index contributed by atoms with van der Waals surface area (Å²) in [6.45, 7) is 2.05. The summed E-state index contributed by atoms with van der Waals surface area (Å²) >= 11 is 6.00. The number of ether oxygens (including phenoxy) is 1. The van der Waals surface area contributed by atoms with E-state index in [-0.39, 0.29) is 0 Å². The van der Waals surface area contributed by atoms with Gasteiger partial charge in [0.25, 0.3) is 0 Å². The van der Waals surface area contributed by atoms with Crippen molar-refractivity contribution in [3.05, 3.63) is 64.7 Å². The Morgan fingerprint density at radius 2 is 2.00 bits per heavy atom. The highest BCUT2D eigenvalue weighted by atomic mass is 35.5. The smallest absolute Gasteiger partial charge is 0.328 e. The number of para-hydroxylation sites is 1. The number of halogens is 1. The lowest BCUT2D eigenvalue weighted by atomic mass is 10.1. The van der Waals surface area contributed by atoms with Crippen molar-refractivity contribution in [3.8, 4) is 11.5 Å². The average molecular weight is 303 g/mol. The molecule has 0 saturated carbocycles. The van der Waals surface area contributed by atoms with E-state index >= 15 is 0 Å². The van der Waals surface area contributed by atoms with Gasteiger partial charge in [-0.05, 0) is 36.3 Å². The quantitative estimate of drug-likeness (QED) is 0.808. The molecule has 0 aromatic heterocycles. The van der Waals surface area contributed by atoms with Crippen LogP contribution in [0.15, 0.2) is 48.5 Å². The molecule has 21 heavy (non-hydrogen) atoms. The Labute approximate surface area is 128 Å². The number of benzene rings is 2. The fourth-order valence-corrected chi connectivity index (χ4v) is 2.07. The van der Waals surface area contributed by atoms with Gasteiger partial charge in [0.2, 0.25) is 0 Å². The van der Waals surface area contributed by atoms with E-state index in [0.29, 0.717) is 16.3 Å². The minimum absolute atomic E-state index is 0.529. The van der Waals surface area contributed by atoms with Crippen LogP contribution >= 0.6 is 11.6 Å². The van der Waals surface area contributed by atoms with Crippen LogP contribution in [0.3, 0.4) is 0 Å². The zero-order chi connectivity index (χ0) is 15.2. The van der Waals surface area contributed by atoms with E-state index in [4.69, 9.17) is 21.4 Å². The molecule has 0 unspecified atom stereocenters. The van der Waals surface area contributed by atoms with Crippen molar-refractivity contribution in [1.29, 1.82) is 0 Å². The molecule has 0 aliphatic carbocycles. The fraction of sp³-hybridized carbons (Fsp3) is 0.118. The first kappa shape index (κ1) is 15.1. The molecule has 1 N–H and O–H groups in total. The van der Waals surface area contributed by atoms with Gasteiger partial charge in [0.1, 0.15) is 11.5 Å². The van der Waals surface area contributed by atoms with Gasteiger partial charge in [-0.1, -0.05) is 36.7 Å². The van der Waals surface area contributed by atoms with Crippen molar-refractivity contribution in [2.24, 2.45) is 0 Å². The summed E-state index contributed by atoms with van der Waals surface area (Å²) in [5, 5.41) is 9.27. The van der Waals surface area contributed by atoms with Crippen LogP contribution in [0.25, 0.3) is 6.08 Å². The molecule has 2 aromatic rings. The first-order valence-electron chi connectivity index (χ1n) is 6.56. The summed E-state index contributed by atoms with van der Waals surface area (Å²) < 4.78 is 5.92. The number of aryl methyl sites for hydroxylation is 1. The van der Waals surface area contributed by atoms with E-state index in [2.05, 4.69) is 0 Å². The Morgan fingerprint density at radius 1 is 1.24 bits per heavy atom. The maximum absolute atomic E-state index is 10.7. The second-order valence-electron chi connectivity index (χ2n) is 4.42. The lowest BCUT2D eigenvalue weighted by molar-refractivity contribution is -0.131. The first-order chi connectivity index (χ1) is 10.1. The summed E-state index contributed by atoms with van der Waals surface area (Å²) in [6.07, 6.45) is 3.40. The van der Waals surface area contributed by atoms with Crippen LogP contribution in [0.5, 0.6) is 11.5 Å². The van der Waals surface area contributed by atoms with Crippen molar-refractivity contribution in [3.63, 3.8) is 0 Å². The third kappa shape index (κ3) is 4.10. The minimum atomic E-state index is -1.01. The van der Waals surface area contributed by atoms with E-state index in [1.54, 1.807) is 18.2 Å². The van der Waals surface area contributed by atoms with Crippen LogP contribution in [0, 0.1) is 0 Å². The van der Waals surface area contributed by atoms with Crippen LogP contribution in [0.4, 0.5) is 0 Å². The molecular weight excluding hydrogens is 288 g/mol. The summed E-state index contributed by atoms with van der Waals surface area (Å²) in [6, 6.07) is 12.8. The monoisotopic (exact) mass is 302 g/mol. The lowest BCUT2D eigenvalue weighted by Gasteiger charge is -2.12. The van der Waals surface area contributed by atoms with Crippen molar-refractivity contribution in [2.75, 3.05) is 0 Å². The Hall–Kier alpha value is -2.26. The minimum Gasteiger partial charge on any atom is -0.478 e. The number of carbonyl (C=O) groups is 1. The maximum Gasteiger partial charge on any atom is 0.328 e. The highest BCUT2D eigenvalue weighted by molar-refractivity contribution is 6.30. The van der Waals surface area contributed by atoms with Crippen molar-refractivity contribution in [2.45, 2.75) is 13.3 Å². The zero-order valence-corrected chi connectivity index (χ0v) is 12.3. The van der Waals surface area contributed by atoms with Crippen LogP contribution in [-0.2, 0) is 11.2 Å². The highest BCUT2D eigenvalue weighted by Gasteiger charge is 2.07. The van der Waals surface area contributed by atoms with Gasteiger partial charge in [-0.15, -0.1) is 0 Å². The number of carboxylic acids is 1. The van der Waals surface area contributed by atoms with Crippen molar-refractivity contribution >= 4 is 23.6 Å². The Kier molecular flexibility index (Phi) is 5.01.